The van der Waals surface area contributed by atoms with Crippen molar-refractivity contribution >= 4 is 31.3 Å². The zero-order chi connectivity index (χ0) is 19.4. The molecule has 0 aliphatic heterocycles. The number of hydrogen-bond donors (Lipinski definition) is 4. The summed E-state index contributed by atoms with van der Waals surface area (Å²) in [6, 6.07) is 0. The van der Waals surface area contributed by atoms with E-state index in [2.05, 4.69) is 18.1 Å². The summed E-state index contributed by atoms with van der Waals surface area (Å²) in [5.41, 5.74) is 0. The molecule has 0 saturated heterocycles. The first-order valence-electron chi connectivity index (χ1n) is 5.19. The second kappa shape index (κ2) is 17.8. The van der Waals surface area contributed by atoms with Gasteiger partial charge in [-0.3, -0.25) is 9.05 Å². The Morgan fingerprint density at radius 1 is 0.607 bits per heavy atom. The molecule has 0 amide bonds. The zero-order valence-corrected chi connectivity index (χ0v) is 26.6. The van der Waals surface area contributed by atoms with E-state index in [1.165, 1.54) is 0 Å². The van der Waals surface area contributed by atoms with Crippen LogP contribution in [0.25, 0.3) is 0 Å². The van der Waals surface area contributed by atoms with E-state index < -0.39 is 56.7 Å². The van der Waals surface area contributed by atoms with Crippen molar-refractivity contribution < 1.29 is 194 Å². The van der Waals surface area contributed by atoms with E-state index in [4.69, 9.17) is 19.6 Å². The molecule has 0 aliphatic rings. The second-order valence-electron chi connectivity index (χ2n) is 3.75. The molecule has 0 aromatic heterocycles. The van der Waals surface area contributed by atoms with Crippen LogP contribution in [0.1, 0.15) is 0 Å². The van der Waals surface area contributed by atoms with Crippen molar-refractivity contribution in [2.75, 3.05) is 13.2 Å². The average Bonchev–Trinajstić information content (AvgIpc) is 2.25. The summed E-state index contributed by atoms with van der Waals surface area (Å²) >= 11 is 0. The predicted octanol–water partition coefficient (Wildman–Crippen LogP) is -16.4. The van der Waals surface area contributed by atoms with Crippen LogP contribution in [0.5, 0.6) is 0 Å². The molecule has 0 unspecified atom stereocenters. The van der Waals surface area contributed by atoms with Gasteiger partial charge in [0.25, 0.3) is 0 Å². The maximum atomic E-state index is 10.8. The van der Waals surface area contributed by atoms with Crippen molar-refractivity contribution in [3.8, 4) is 0 Å². The topological polar surface area (TPSA) is 278 Å². The van der Waals surface area contributed by atoms with E-state index in [1.54, 1.807) is 0 Å². The molecule has 16 nitrogen and oxygen atoms in total. The summed E-state index contributed by atoms with van der Waals surface area (Å²) in [6.07, 6.45) is -4.93. The molecule has 4 N–H and O–H groups in total. The number of rotatable bonds is 11. The van der Waals surface area contributed by atoms with Gasteiger partial charge in [-0.15, -0.1) is 0 Å². The molecule has 0 aromatic rings. The van der Waals surface area contributed by atoms with E-state index in [0.29, 0.717) is 0 Å². The third-order valence-electron chi connectivity index (χ3n) is 1.76. The van der Waals surface area contributed by atoms with Gasteiger partial charge in [-0.2, -0.15) is 0 Å². The minimum atomic E-state index is -5.94. The smallest absolute Gasteiger partial charge is 0.790 e. The monoisotopic (exact) mass is 530 g/mol. The van der Waals surface area contributed by atoms with Crippen molar-refractivity contribution in [1.29, 1.82) is 0 Å². The average molecular weight is 530 g/mol. The molecule has 146 valence electrons. The van der Waals surface area contributed by atoms with E-state index in [9.17, 15) is 37.8 Å². The van der Waals surface area contributed by atoms with E-state index in [-0.39, 0.29) is 118 Å². The fraction of sp³-hybridized carbons (Fsp3) is 1.00. The largest absolute Gasteiger partial charge is 1.00 e. The van der Waals surface area contributed by atoms with Crippen LogP contribution in [0.3, 0.4) is 0 Å². The van der Waals surface area contributed by atoms with Gasteiger partial charge in [0.15, 0.2) is 0 Å². The molecule has 0 fully saturated rings. The second-order valence-corrected chi connectivity index (χ2v) is 8.44. The van der Waals surface area contributed by atoms with Gasteiger partial charge >= 0.3 is 134 Å². The van der Waals surface area contributed by atoms with Gasteiger partial charge in [0.1, 0.15) is 12.2 Å². The fourth-order valence-electron chi connectivity index (χ4n) is 1.09. The van der Waals surface area contributed by atoms with Gasteiger partial charge < -0.3 is 57.3 Å². The van der Waals surface area contributed by atoms with Crippen LogP contribution in [0.4, 0.5) is 0 Å². The Balaban J connectivity index is -0.000000441. The first-order chi connectivity index (χ1) is 10.4. The third-order valence-corrected chi connectivity index (χ3v) is 3.78. The molecular formula is C4H10Na4O16P4. The summed E-state index contributed by atoms with van der Waals surface area (Å²) in [5.74, 6) is 0. The molecule has 2 atom stereocenters. The van der Waals surface area contributed by atoms with Crippen LogP contribution >= 0.6 is 31.3 Å². The third kappa shape index (κ3) is 28.5. The van der Waals surface area contributed by atoms with E-state index >= 15 is 0 Å². The molecule has 0 heterocycles. The van der Waals surface area contributed by atoms with Crippen LogP contribution in [-0.4, -0.2) is 45.0 Å². The van der Waals surface area contributed by atoms with Crippen LogP contribution in [0.2, 0.25) is 0 Å². The molecule has 0 bridgehead atoms. The standard InChI is InChI=1S/C4H14O16P4.4Na/c5-21(6,7)17-1-3(19-23(11,12)13)4(20-24(14,15)16)2-18-22(8,9)10;;;;/h3-4H,1-2H2,(H2,5,6,7)(H2,8,9,10)(H2,11,12,13)(H2,14,15,16);;;;/q;4*+1/p-4/t3-,4+;;;;. The fourth-order valence-corrected chi connectivity index (χ4v) is 2.84. The van der Waals surface area contributed by atoms with E-state index in [0.717, 1.165) is 0 Å². The Hall–Kier alpha value is 4.44. The van der Waals surface area contributed by atoms with Crippen LogP contribution in [-0.2, 0) is 36.4 Å². The number of phosphoric acid groups is 4. The maximum absolute atomic E-state index is 10.8. The van der Waals surface area contributed by atoms with E-state index in [1.807, 2.05) is 0 Å². The summed E-state index contributed by atoms with van der Waals surface area (Å²) in [5, 5.41) is 0. The molecule has 0 radical (unpaired) electrons. The van der Waals surface area contributed by atoms with Crippen molar-refractivity contribution in [3.05, 3.63) is 0 Å². The van der Waals surface area contributed by atoms with Gasteiger partial charge in [-0.25, -0.2) is 9.13 Å². The Morgan fingerprint density at radius 2 is 0.964 bits per heavy atom. The van der Waals surface area contributed by atoms with Crippen LogP contribution in [0, 0.1) is 0 Å². The number of phosphoric ester groups is 4. The Morgan fingerprint density at radius 3 is 1.25 bits per heavy atom. The molecule has 0 spiro atoms. The van der Waals surface area contributed by atoms with Crippen molar-refractivity contribution in [3.63, 3.8) is 0 Å². The minimum Gasteiger partial charge on any atom is -0.790 e. The van der Waals surface area contributed by atoms with Gasteiger partial charge in [0.2, 0.25) is 0 Å². The molecule has 0 aliphatic carbocycles. The van der Waals surface area contributed by atoms with Gasteiger partial charge in [0, 0.05) is 0 Å². The van der Waals surface area contributed by atoms with Crippen molar-refractivity contribution in [1.82, 2.24) is 0 Å². The molecule has 0 aromatic carbocycles. The summed E-state index contributed by atoms with van der Waals surface area (Å²) < 4.78 is 57.3. The first kappa shape index (κ1) is 42.6. The van der Waals surface area contributed by atoms with Gasteiger partial charge in [-0.05, 0) is 0 Å². The van der Waals surface area contributed by atoms with Gasteiger partial charge in [0.05, 0.1) is 28.9 Å². The Labute approximate surface area is 246 Å². The molecule has 0 saturated carbocycles. The summed E-state index contributed by atoms with van der Waals surface area (Å²) in [6.45, 7) is -3.07. The summed E-state index contributed by atoms with van der Waals surface area (Å²) in [4.78, 5) is 76.0. The quantitative estimate of drug-likeness (QED) is 0.143. The first-order valence-corrected chi connectivity index (χ1v) is 11.2. The number of hydrogen-bond acceptors (Lipinski definition) is 12. The minimum absolute atomic E-state index is 0. The Bertz CT molecular complexity index is 539. The zero-order valence-electron chi connectivity index (χ0n) is 15.0. The SMILES string of the molecule is O=P([O-])([O-])OC[C@H](OP(=O)([O-])[O-])[C@@H](COP(=O)(O)O)OP(=O)(O)O.[Na+].[Na+].[Na+].[Na+]. The molecule has 24 heteroatoms. The predicted molar refractivity (Wildman–Crippen MR) is 61.0 cm³/mol. The molecule has 0 rings (SSSR count). The Kier molecular flexibility index (Phi) is 27.1. The molecule has 28 heavy (non-hydrogen) atoms. The summed E-state index contributed by atoms with van der Waals surface area (Å²) in [7, 11) is -22.4. The van der Waals surface area contributed by atoms with Crippen LogP contribution in [0.15, 0.2) is 0 Å². The van der Waals surface area contributed by atoms with Gasteiger partial charge in [-0.1, -0.05) is 0 Å². The van der Waals surface area contributed by atoms with Crippen LogP contribution < -0.4 is 138 Å². The van der Waals surface area contributed by atoms with Crippen molar-refractivity contribution in [2.45, 2.75) is 12.2 Å². The van der Waals surface area contributed by atoms with Crippen molar-refractivity contribution in [2.24, 2.45) is 0 Å². The maximum Gasteiger partial charge on any atom is 1.00 e. The normalized spacial score (nSPS) is 14.4. The molecular weight excluding hydrogens is 520 g/mol.